The predicted octanol–water partition coefficient (Wildman–Crippen LogP) is 1.75. The summed E-state index contributed by atoms with van der Waals surface area (Å²) in [6, 6.07) is 3.39. The molecule has 1 heterocycles. The van der Waals surface area contributed by atoms with Gasteiger partial charge in [0.1, 0.15) is 0 Å². The third-order valence-corrected chi connectivity index (χ3v) is 3.56. The van der Waals surface area contributed by atoms with Crippen LogP contribution in [0.25, 0.3) is 0 Å². The molecule has 0 bridgehead atoms. The van der Waals surface area contributed by atoms with E-state index in [0.717, 1.165) is 19.1 Å². The molecular formula is C12H19N3O3S. The van der Waals surface area contributed by atoms with Crippen molar-refractivity contribution in [2.24, 2.45) is 0 Å². The van der Waals surface area contributed by atoms with E-state index in [1.807, 2.05) is 0 Å². The zero-order valence-electron chi connectivity index (χ0n) is 10.9. The van der Waals surface area contributed by atoms with Gasteiger partial charge in [-0.25, -0.2) is 0 Å². The summed E-state index contributed by atoms with van der Waals surface area (Å²) in [7, 11) is -3.57. The molecule has 1 aromatic rings. The van der Waals surface area contributed by atoms with Crippen LogP contribution in [-0.4, -0.2) is 25.7 Å². The Morgan fingerprint density at radius 2 is 2.00 bits per heavy atom. The van der Waals surface area contributed by atoms with Gasteiger partial charge in [0.2, 0.25) is 5.88 Å². The highest BCUT2D eigenvalue weighted by Crippen LogP contribution is 2.25. The fraction of sp³-hybridized carbons (Fsp3) is 0.583. The Labute approximate surface area is 113 Å². The summed E-state index contributed by atoms with van der Waals surface area (Å²) in [5, 5.41) is 3.26. The van der Waals surface area contributed by atoms with Gasteiger partial charge in [0, 0.05) is 12.1 Å². The first-order chi connectivity index (χ1) is 8.94. The average Bonchev–Trinajstić information content (AvgIpc) is 2.33. The summed E-state index contributed by atoms with van der Waals surface area (Å²) in [6.45, 7) is 0. The van der Waals surface area contributed by atoms with Gasteiger partial charge in [0.05, 0.1) is 11.9 Å². The van der Waals surface area contributed by atoms with Crippen LogP contribution in [0, 0.1) is 0 Å². The molecule has 0 aromatic carbocycles. The van der Waals surface area contributed by atoms with Crippen LogP contribution in [0.2, 0.25) is 0 Å². The van der Waals surface area contributed by atoms with Crippen molar-refractivity contribution in [3.63, 3.8) is 0 Å². The lowest BCUT2D eigenvalue weighted by Crippen LogP contribution is -2.23. The lowest BCUT2D eigenvalue weighted by molar-refractivity contribution is 0.460. The third-order valence-electron chi connectivity index (χ3n) is 3.08. The number of rotatable bonds is 4. The number of anilines is 2. The van der Waals surface area contributed by atoms with Crippen molar-refractivity contribution in [1.82, 2.24) is 4.98 Å². The molecule has 0 unspecified atom stereocenters. The molecule has 7 heteroatoms. The van der Waals surface area contributed by atoms with Gasteiger partial charge in [-0.05, 0) is 18.9 Å². The molecule has 6 nitrogen and oxygen atoms in total. The second kappa shape index (κ2) is 5.64. The Hall–Kier alpha value is -1.50. The smallest absolute Gasteiger partial charge is 0.307 e. The quantitative estimate of drug-likeness (QED) is 0.818. The first kappa shape index (κ1) is 13.9. The van der Waals surface area contributed by atoms with Gasteiger partial charge in [0.25, 0.3) is 0 Å². The monoisotopic (exact) mass is 285 g/mol. The number of nitrogens with zero attached hydrogens (tertiary/aromatic N) is 1. The van der Waals surface area contributed by atoms with E-state index in [-0.39, 0.29) is 5.88 Å². The zero-order chi connectivity index (χ0) is 13.9. The second-order valence-corrected chi connectivity index (χ2v) is 6.43. The van der Waals surface area contributed by atoms with E-state index in [0.29, 0.717) is 17.5 Å². The van der Waals surface area contributed by atoms with Crippen molar-refractivity contribution in [3.05, 3.63) is 12.1 Å². The molecular weight excluding hydrogens is 266 g/mol. The fourth-order valence-corrected chi connectivity index (χ4v) is 2.61. The molecule has 0 aliphatic heterocycles. The summed E-state index contributed by atoms with van der Waals surface area (Å²) >= 11 is 0. The Kier molecular flexibility index (Phi) is 4.14. The lowest BCUT2D eigenvalue weighted by atomic mass is 9.95. The van der Waals surface area contributed by atoms with E-state index in [9.17, 15) is 8.42 Å². The van der Waals surface area contributed by atoms with E-state index in [1.54, 1.807) is 6.07 Å². The van der Waals surface area contributed by atoms with Gasteiger partial charge in [-0.1, -0.05) is 19.3 Å². The Bertz CT molecular complexity index is 539. The number of nitrogens with two attached hydrogens (primary N) is 1. The molecule has 0 saturated heterocycles. The molecule has 19 heavy (non-hydrogen) atoms. The molecule has 0 amide bonds. The lowest BCUT2D eigenvalue weighted by Gasteiger charge is -2.24. The van der Waals surface area contributed by atoms with E-state index >= 15 is 0 Å². The van der Waals surface area contributed by atoms with Crippen LogP contribution in [0.3, 0.4) is 0 Å². The zero-order valence-corrected chi connectivity index (χ0v) is 11.7. The molecule has 3 N–H and O–H groups in total. The molecule has 1 saturated carbocycles. The number of aromatic nitrogens is 1. The van der Waals surface area contributed by atoms with Crippen LogP contribution >= 0.6 is 0 Å². The van der Waals surface area contributed by atoms with Crippen molar-refractivity contribution in [3.8, 4) is 5.88 Å². The van der Waals surface area contributed by atoms with Crippen molar-refractivity contribution in [1.29, 1.82) is 0 Å². The summed E-state index contributed by atoms with van der Waals surface area (Å²) < 4.78 is 26.9. The van der Waals surface area contributed by atoms with E-state index in [1.165, 1.54) is 25.3 Å². The Morgan fingerprint density at radius 3 is 2.63 bits per heavy atom. The third kappa shape index (κ3) is 4.27. The molecule has 1 aromatic heterocycles. The fourth-order valence-electron chi connectivity index (χ4n) is 2.21. The molecule has 1 aliphatic rings. The number of pyridine rings is 1. The minimum Gasteiger partial charge on any atom is -0.396 e. The molecule has 1 fully saturated rings. The number of hydrogen-bond acceptors (Lipinski definition) is 6. The minimum absolute atomic E-state index is 0.0370. The van der Waals surface area contributed by atoms with Crippen molar-refractivity contribution in [2.75, 3.05) is 17.3 Å². The first-order valence-electron chi connectivity index (χ1n) is 6.36. The second-order valence-electron chi connectivity index (χ2n) is 4.85. The number of nitrogen functional groups attached to an aromatic ring is 1. The highest BCUT2D eigenvalue weighted by atomic mass is 32.2. The van der Waals surface area contributed by atoms with Crippen molar-refractivity contribution < 1.29 is 12.6 Å². The minimum atomic E-state index is -3.57. The molecule has 106 valence electrons. The topological polar surface area (TPSA) is 94.3 Å². The van der Waals surface area contributed by atoms with Gasteiger partial charge in [-0.15, -0.1) is 0 Å². The van der Waals surface area contributed by atoms with Crippen LogP contribution in [-0.2, 0) is 10.1 Å². The van der Waals surface area contributed by atoms with Crippen LogP contribution in [0.4, 0.5) is 11.5 Å². The molecule has 0 spiro atoms. The summed E-state index contributed by atoms with van der Waals surface area (Å²) in [6.07, 6.45) is 6.79. The molecule has 2 rings (SSSR count). The highest BCUT2D eigenvalue weighted by Gasteiger charge is 2.16. The Morgan fingerprint density at radius 1 is 1.32 bits per heavy atom. The molecule has 0 radical (unpaired) electrons. The van der Waals surface area contributed by atoms with Crippen LogP contribution < -0.4 is 15.2 Å². The number of nitrogens with one attached hydrogen (secondary N) is 1. The maximum Gasteiger partial charge on any atom is 0.307 e. The predicted molar refractivity (Wildman–Crippen MR) is 74.6 cm³/mol. The maximum absolute atomic E-state index is 11.1. The van der Waals surface area contributed by atoms with Gasteiger partial charge in [-0.2, -0.15) is 13.4 Å². The average molecular weight is 285 g/mol. The largest absolute Gasteiger partial charge is 0.396 e. The van der Waals surface area contributed by atoms with Crippen molar-refractivity contribution in [2.45, 2.75) is 38.1 Å². The molecule has 1 aliphatic carbocycles. The number of hydrogen-bond donors (Lipinski definition) is 2. The Balaban J connectivity index is 2.12. The van der Waals surface area contributed by atoms with Crippen LogP contribution in [0.5, 0.6) is 5.88 Å². The molecule has 0 atom stereocenters. The summed E-state index contributed by atoms with van der Waals surface area (Å²) in [4.78, 5) is 4.11. The van der Waals surface area contributed by atoms with Gasteiger partial charge in [0.15, 0.2) is 5.82 Å². The SMILES string of the molecule is CS(=O)(=O)Oc1ccc(N)c(NC2CCCCC2)n1. The maximum atomic E-state index is 11.1. The summed E-state index contributed by atoms with van der Waals surface area (Å²) in [5.74, 6) is 0.531. The van der Waals surface area contributed by atoms with Gasteiger partial charge >= 0.3 is 10.1 Å². The van der Waals surface area contributed by atoms with Gasteiger partial charge in [-0.3, -0.25) is 0 Å². The summed E-state index contributed by atoms with van der Waals surface area (Å²) in [5.41, 5.74) is 6.33. The van der Waals surface area contributed by atoms with Crippen molar-refractivity contribution >= 4 is 21.6 Å². The standard InChI is InChI=1S/C12H19N3O3S/c1-19(16,17)18-11-8-7-10(13)12(15-11)14-9-5-3-2-4-6-9/h7-9H,2-6,13H2,1H3,(H,14,15). The normalized spacial score (nSPS) is 17.1. The first-order valence-corrected chi connectivity index (χ1v) is 8.18. The van der Waals surface area contributed by atoms with E-state index < -0.39 is 10.1 Å². The van der Waals surface area contributed by atoms with Crippen LogP contribution in [0.15, 0.2) is 12.1 Å². The van der Waals surface area contributed by atoms with Crippen LogP contribution in [0.1, 0.15) is 32.1 Å². The van der Waals surface area contributed by atoms with E-state index in [4.69, 9.17) is 9.92 Å². The van der Waals surface area contributed by atoms with Gasteiger partial charge < -0.3 is 15.2 Å². The van der Waals surface area contributed by atoms with E-state index in [2.05, 4.69) is 10.3 Å². The highest BCUT2D eigenvalue weighted by molar-refractivity contribution is 7.86.